The normalized spacial score (nSPS) is 45.9. The van der Waals surface area contributed by atoms with Crippen LogP contribution in [0.25, 0.3) is 0 Å². The fourth-order valence-electron chi connectivity index (χ4n) is 2.37. The summed E-state index contributed by atoms with van der Waals surface area (Å²) in [6.07, 6.45) is 2.68. The smallest absolute Gasteiger partial charge is 0.0236 e. The molecule has 2 fully saturated rings. The molecule has 0 aromatic heterocycles. The van der Waals surface area contributed by atoms with E-state index < -0.39 is 0 Å². The van der Waals surface area contributed by atoms with Crippen molar-refractivity contribution in [3.05, 3.63) is 0 Å². The highest BCUT2D eigenvalue weighted by Crippen LogP contribution is 2.25. The molecule has 10 heavy (non-hydrogen) atoms. The van der Waals surface area contributed by atoms with Gasteiger partial charge in [-0.25, -0.2) is 0 Å². The lowest BCUT2D eigenvalue weighted by molar-refractivity contribution is 0.434. The maximum Gasteiger partial charge on any atom is 0.0236 e. The molecule has 2 N–H and O–H groups in total. The number of fused-ring (bicyclic) bond motifs is 1. The highest BCUT2D eigenvalue weighted by molar-refractivity contribution is 4.97. The van der Waals surface area contributed by atoms with Gasteiger partial charge in [0, 0.05) is 18.6 Å². The van der Waals surface area contributed by atoms with Gasteiger partial charge in [0.05, 0.1) is 0 Å². The second-order valence-corrected chi connectivity index (χ2v) is 3.44. The molecule has 0 saturated carbocycles. The molecule has 0 aromatic rings. The molecule has 2 aliphatic rings. The van der Waals surface area contributed by atoms with E-state index >= 15 is 0 Å². The Morgan fingerprint density at radius 1 is 1.40 bits per heavy atom. The Labute approximate surface area is 62.4 Å². The molecule has 0 amide bonds. The van der Waals surface area contributed by atoms with Gasteiger partial charge in [-0.2, -0.15) is 0 Å². The molecule has 2 saturated heterocycles. The fraction of sp³-hybridized carbons (Fsp3) is 1.00. The second-order valence-electron chi connectivity index (χ2n) is 3.44. The highest BCUT2D eigenvalue weighted by Gasteiger charge is 2.37. The van der Waals surface area contributed by atoms with Crippen LogP contribution in [0.3, 0.4) is 0 Å². The molecule has 2 aliphatic heterocycles. The zero-order valence-electron chi connectivity index (χ0n) is 6.56. The molecule has 2 nitrogen and oxygen atoms in total. The van der Waals surface area contributed by atoms with Gasteiger partial charge in [0.1, 0.15) is 0 Å². The van der Waals surface area contributed by atoms with Crippen LogP contribution in [-0.4, -0.2) is 25.2 Å². The Hall–Kier alpha value is -0.0800. The Morgan fingerprint density at radius 2 is 2.30 bits per heavy atom. The van der Waals surface area contributed by atoms with E-state index in [2.05, 4.69) is 17.6 Å². The van der Waals surface area contributed by atoms with Crippen LogP contribution in [0.4, 0.5) is 0 Å². The van der Waals surface area contributed by atoms with E-state index in [1.165, 1.54) is 25.9 Å². The zero-order chi connectivity index (χ0) is 6.97. The maximum absolute atomic E-state index is 3.55. The Morgan fingerprint density at radius 3 is 3.10 bits per heavy atom. The molecule has 0 bridgehead atoms. The van der Waals surface area contributed by atoms with Crippen LogP contribution in [0, 0.1) is 5.92 Å². The number of rotatable bonds is 1. The van der Waals surface area contributed by atoms with Gasteiger partial charge < -0.3 is 10.6 Å². The van der Waals surface area contributed by atoms with Crippen LogP contribution in [0.2, 0.25) is 0 Å². The van der Waals surface area contributed by atoms with Gasteiger partial charge in [-0.15, -0.1) is 0 Å². The first-order valence-corrected chi connectivity index (χ1v) is 4.38. The van der Waals surface area contributed by atoms with E-state index in [9.17, 15) is 0 Å². The predicted molar refractivity (Wildman–Crippen MR) is 42.0 cm³/mol. The summed E-state index contributed by atoms with van der Waals surface area (Å²) >= 11 is 0. The van der Waals surface area contributed by atoms with Gasteiger partial charge in [-0.1, -0.05) is 6.92 Å². The summed E-state index contributed by atoms with van der Waals surface area (Å²) in [5.41, 5.74) is 0. The summed E-state index contributed by atoms with van der Waals surface area (Å²) in [7, 11) is 0. The summed E-state index contributed by atoms with van der Waals surface area (Å²) in [6.45, 7) is 4.72. The van der Waals surface area contributed by atoms with Crippen molar-refractivity contribution < 1.29 is 0 Å². The molecule has 0 radical (unpaired) electrons. The minimum Gasteiger partial charge on any atom is -0.312 e. The van der Waals surface area contributed by atoms with Crippen molar-refractivity contribution >= 4 is 0 Å². The molecule has 58 valence electrons. The van der Waals surface area contributed by atoms with Crippen LogP contribution in [0.15, 0.2) is 0 Å². The largest absolute Gasteiger partial charge is 0.312 e. The molecule has 3 unspecified atom stereocenters. The third kappa shape index (κ3) is 0.867. The van der Waals surface area contributed by atoms with E-state index in [0.717, 1.165) is 18.0 Å². The SMILES string of the molecule is CCC1NCC2NCCC12. The quantitative estimate of drug-likeness (QED) is 0.549. The van der Waals surface area contributed by atoms with Crippen LogP contribution < -0.4 is 10.6 Å². The minimum atomic E-state index is 0.796. The van der Waals surface area contributed by atoms with E-state index in [-0.39, 0.29) is 0 Å². The molecule has 0 spiro atoms. The highest BCUT2D eigenvalue weighted by atomic mass is 15.1. The first kappa shape index (κ1) is 6.62. The standard InChI is InChI=1S/C8H16N2/c1-2-7-6-3-4-9-8(6)5-10-7/h6-10H,2-5H2,1H3. The lowest BCUT2D eigenvalue weighted by Crippen LogP contribution is -2.27. The van der Waals surface area contributed by atoms with Crippen LogP contribution in [0.1, 0.15) is 19.8 Å². The summed E-state index contributed by atoms with van der Waals surface area (Å²) < 4.78 is 0. The van der Waals surface area contributed by atoms with Crippen molar-refractivity contribution in [2.75, 3.05) is 13.1 Å². The van der Waals surface area contributed by atoms with Crippen molar-refractivity contribution in [3.8, 4) is 0 Å². The molecular weight excluding hydrogens is 124 g/mol. The van der Waals surface area contributed by atoms with Gasteiger partial charge in [0.15, 0.2) is 0 Å². The monoisotopic (exact) mass is 140 g/mol. The summed E-state index contributed by atoms with van der Waals surface area (Å²) in [6, 6.07) is 1.60. The molecule has 2 heteroatoms. The van der Waals surface area contributed by atoms with E-state index in [1.54, 1.807) is 0 Å². The molecule has 2 rings (SSSR count). The molecule has 3 atom stereocenters. The van der Waals surface area contributed by atoms with Crippen molar-refractivity contribution in [2.24, 2.45) is 5.92 Å². The Bertz CT molecular complexity index is 124. The van der Waals surface area contributed by atoms with Crippen molar-refractivity contribution in [1.29, 1.82) is 0 Å². The van der Waals surface area contributed by atoms with Gasteiger partial charge >= 0.3 is 0 Å². The summed E-state index contributed by atoms with van der Waals surface area (Å²) in [4.78, 5) is 0. The predicted octanol–water partition coefficient (Wildman–Crippen LogP) is 0.346. The van der Waals surface area contributed by atoms with E-state index in [4.69, 9.17) is 0 Å². The lowest BCUT2D eigenvalue weighted by Gasteiger charge is -2.14. The number of nitrogens with one attached hydrogen (secondary N) is 2. The average molecular weight is 140 g/mol. The zero-order valence-corrected chi connectivity index (χ0v) is 6.56. The number of hydrogen-bond donors (Lipinski definition) is 2. The maximum atomic E-state index is 3.55. The summed E-state index contributed by atoms with van der Waals surface area (Å²) in [5, 5.41) is 7.07. The first-order chi connectivity index (χ1) is 4.92. The Kier molecular flexibility index (Phi) is 1.66. The lowest BCUT2D eigenvalue weighted by atomic mass is 9.95. The van der Waals surface area contributed by atoms with Crippen LogP contribution >= 0.6 is 0 Å². The van der Waals surface area contributed by atoms with Gasteiger partial charge in [-0.3, -0.25) is 0 Å². The van der Waals surface area contributed by atoms with E-state index in [1.807, 2.05) is 0 Å². The topological polar surface area (TPSA) is 24.1 Å². The molecule has 0 aliphatic carbocycles. The minimum absolute atomic E-state index is 0.796. The fourth-order valence-corrected chi connectivity index (χ4v) is 2.37. The third-order valence-corrected chi connectivity index (χ3v) is 2.96. The molecule has 2 heterocycles. The first-order valence-electron chi connectivity index (χ1n) is 4.38. The number of hydrogen-bond acceptors (Lipinski definition) is 2. The van der Waals surface area contributed by atoms with Crippen molar-refractivity contribution in [2.45, 2.75) is 31.8 Å². The van der Waals surface area contributed by atoms with Crippen LogP contribution in [0.5, 0.6) is 0 Å². The van der Waals surface area contributed by atoms with Gasteiger partial charge in [-0.05, 0) is 25.3 Å². The van der Waals surface area contributed by atoms with Gasteiger partial charge in [0.25, 0.3) is 0 Å². The average Bonchev–Trinajstić information content (AvgIpc) is 2.44. The van der Waals surface area contributed by atoms with E-state index in [0.29, 0.717) is 0 Å². The summed E-state index contributed by atoms with van der Waals surface area (Å²) in [5.74, 6) is 0.935. The molecule has 0 aromatic carbocycles. The Balaban J connectivity index is 2.01. The van der Waals surface area contributed by atoms with Gasteiger partial charge in [0.2, 0.25) is 0 Å². The second kappa shape index (κ2) is 2.51. The molecular formula is C8H16N2. The van der Waals surface area contributed by atoms with Crippen molar-refractivity contribution in [3.63, 3.8) is 0 Å². The van der Waals surface area contributed by atoms with Crippen molar-refractivity contribution in [1.82, 2.24) is 10.6 Å². The van der Waals surface area contributed by atoms with Crippen LogP contribution in [-0.2, 0) is 0 Å². The third-order valence-electron chi connectivity index (χ3n) is 2.96.